The molecular formula is C14H18N3O3-. The zero-order valence-electron chi connectivity index (χ0n) is 11.4. The van der Waals surface area contributed by atoms with E-state index in [2.05, 4.69) is 5.32 Å². The second kappa shape index (κ2) is 5.05. The highest BCUT2D eigenvalue weighted by Gasteiger charge is 2.38. The number of hydrogen-bond donors (Lipinski definition) is 1. The predicted octanol–water partition coefficient (Wildman–Crippen LogP) is 2.00. The number of nitrogens with one attached hydrogen (secondary N) is 2. The molecule has 2 N–H and O–H groups in total. The van der Waals surface area contributed by atoms with E-state index in [4.69, 9.17) is 15.3 Å². The number of amides is 1. The number of carbonyl (C=O) groups is 1. The molecule has 2 heterocycles. The fourth-order valence-corrected chi connectivity index (χ4v) is 2.59. The Morgan fingerprint density at radius 2 is 2.15 bits per heavy atom. The van der Waals surface area contributed by atoms with Gasteiger partial charge >= 0.3 is 0 Å². The summed E-state index contributed by atoms with van der Waals surface area (Å²) in [6.07, 6.45) is 1.65. The monoisotopic (exact) mass is 276 g/mol. The van der Waals surface area contributed by atoms with Gasteiger partial charge in [0.15, 0.2) is 0 Å². The first-order valence-corrected chi connectivity index (χ1v) is 6.78. The highest BCUT2D eigenvalue weighted by atomic mass is 16.7. The number of fused-ring (bicyclic) bond motifs is 1. The molecule has 1 fully saturated rings. The Morgan fingerprint density at radius 1 is 1.40 bits per heavy atom. The van der Waals surface area contributed by atoms with Crippen molar-refractivity contribution in [1.29, 1.82) is 0 Å². The number of carbonyl (C=O) groups excluding carboxylic acids is 1. The molecule has 1 aromatic carbocycles. The summed E-state index contributed by atoms with van der Waals surface area (Å²) in [5, 5.41) is 4.16. The summed E-state index contributed by atoms with van der Waals surface area (Å²) in [5.41, 5.74) is 1.41. The molecule has 0 aliphatic carbocycles. The molecule has 20 heavy (non-hydrogen) atoms. The van der Waals surface area contributed by atoms with Crippen molar-refractivity contribution in [3.8, 4) is 5.75 Å². The van der Waals surface area contributed by atoms with Crippen molar-refractivity contribution in [2.45, 2.75) is 32.2 Å². The Labute approximate surface area is 117 Å². The molecule has 108 valence electrons. The van der Waals surface area contributed by atoms with Crippen molar-refractivity contribution in [2.24, 2.45) is 0 Å². The van der Waals surface area contributed by atoms with Crippen LogP contribution < -0.4 is 15.1 Å². The second-order valence-corrected chi connectivity index (χ2v) is 5.20. The molecular weight excluding hydrogens is 258 g/mol. The van der Waals surface area contributed by atoms with Crippen molar-refractivity contribution >= 4 is 11.6 Å². The van der Waals surface area contributed by atoms with E-state index in [-0.39, 0.29) is 5.91 Å². The molecule has 6 heteroatoms. The lowest BCUT2D eigenvalue weighted by Gasteiger charge is -2.41. The van der Waals surface area contributed by atoms with E-state index < -0.39 is 5.79 Å². The highest BCUT2D eigenvalue weighted by molar-refractivity contribution is 5.92. The van der Waals surface area contributed by atoms with E-state index in [1.54, 1.807) is 12.1 Å². The minimum atomic E-state index is -0.513. The van der Waals surface area contributed by atoms with Gasteiger partial charge in [0.2, 0.25) is 11.7 Å². The summed E-state index contributed by atoms with van der Waals surface area (Å²) in [7, 11) is 0. The maximum absolute atomic E-state index is 11.2. The third-order valence-electron chi connectivity index (χ3n) is 3.77. The van der Waals surface area contributed by atoms with Gasteiger partial charge in [-0.25, -0.2) is 0 Å². The molecule has 2 aliphatic heterocycles. The molecule has 0 saturated carbocycles. The maximum atomic E-state index is 11.2. The SMILES string of the molecule is CC(=O)N([NH-])c1ccc2c(c1)COC1(CCNCC1)O2. The van der Waals surface area contributed by atoms with E-state index in [1.165, 1.54) is 6.92 Å². The van der Waals surface area contributed by atoms with Crippen LogP contribution in [0.5, 0.6) is 5.75 Å². The third-order valence-corrected chi connectivity index (χ3v) is 3.77. The van der Waals surface area contributed by atoms with E-state index in [1.807, 2.05) is 6.07 Å². The first-order valence-electron chi connectivity index (χ1n) is 6.78. The summed E-state index contributed by atoms with van der Waals surface area (Å²) in [5.74, 6) is 7.62. The van der Waals surface area contributed by atoms with Gasteiger partial charge < -0.3 is 25.6 Å². The first kappa shape index (κ1) is 13.4. The van der Waals surface area contributed by atoms with Crippen molar-refractivity contribution in [3.63, 3.8) is 0 Å². The average molecular weight is 276 g/mol. The van der Waals surface area contributed by atoms with Crippen LogP contribution in [-0.4, -0.2) is 24.8 Å². The van der Waals surface area contributed by atoms with Crippen LogP contribution in [0.25, 0.3) is 5.84 Å². The number of anilines is 1. The van der Waals surface area contributed by atoms with Crippen LogP contribution in [0.2, 0.25) is 0 Å². The molecule has 3 rings (SSSR count). The number of piperidine rings is 1. The molecule has 1 amide bonds. The van der Waals surface area contributed by atoms with E-state index in [9.17, 15) is 4.79 Å². The van der Waals surface area contributed by atoms with Crippen LogP contribution in [0.4, 0.5) is 5.69 Å². The topological polar surface area (TPSA) is 74.6 Å². The van der Waals surface area contributed by atoms with Crippen LogP contribution in [0, 0.1) is 0 Å². The van der Waals surface area contributed by atoms with Gasteiger partial charge in [-0.2, -0.15) is 0 Å². The summed E-state index contributed by atoms with van der Waals surface area (Å²) in [6.45, 7) is 3.59. The van der Waals surface area contributed by atoms with Gasteiger partial charge in [0.1, 0.15) is 5.75 Å². The van der Waals surface area contributed by atoms with Gasteiger partial charge in [0.25, 0.3) is 0 Å². The van der Waals surface area contributed by atoms with Gasteiger partial charge in [0, 0.05) is 44.1 Å². The second-order valence-electron chi connectivity index (χ2n) is 5.20. The van der Waals surface area contributed by atoms with Gasteiger partial charge in [-0.05, 0) is 18.2 Å². The Bertz CT molecular complexity index is 526. The Hall–Kier alpha value is -1.63. The molecule has 1 spiro atoms. The summed E-state index contributed by atoms with van der Waals surface area (Å²) < 4.78 is 11.9. The number of hydrogen-bond acceptors (Lipinski definition) is 4. The highest BCUT2D eigenvalue weighted by Crippen LogP contribution is 2.37. The summed E-state index contributed by atoms with van der Waals surface area (Å²) in [6, 6.07) is 5.33. The van der Waals surface area contributed by atoms with Crippen LogP contribution >= 0.6 is 0 Å². The van der Waals surface area contributed by atoms with E-state index in [0.29, 0.717) is 12.3 Å². The molecule has 1 aromatic rings. The minimum Gasteiger partial charge on any atom is -0.576 e. The van der Waals surface area contributed by atoms with Gasteiger partial charge in [-0.1, -0.05) is 0 Å². The number of benzene rings is 1. The third kappa shape index (κ3) is 2.37. The molecule has 6 nitrogen and oxygen atoms in total. The molecule has 0 radical (unpaired) electrons. The molecule has 0 aromatic heterocycles. The Balaban J connectivity index is 1.83. The quantitative estimate of drug-likeness (QED) is 0.796. The largest absolute Gasteiger partial charge is 0.576 e. The first-order chi connectivity index (χ1) is 9.60. The average Bonchev–Trinajstić information content (AvgIpc) is 2.46. The number of nitrogens with zero attached hydrogens (tertiary/aromatic N) is 1. The number of ether oxygens (including phenoxy) is 2. The van der Waals surface area contributed by atoms with Gasteiger partial charge in [-0.3, -0.25) is 4.79 Å². The lowest BCUT2D eigenvalue weighted by atomic mass is 10.0. The standard InChI is InChI=1S/C14H18N3O3/c1-10(18)17(15)12-2-3-13-11(8-12)9-19-14(20-13)4-6-16-7-5-14/h2-3,8,15-16H,4-7,9H2,1H3/q-1. The van der Waals surface area contributed by atoms with E-state index >= 15 is 0 Å². The molecule has 0 atom stereocenters. The summed E-state index contributed by atoms with van der Waals surface area (Å²) >= 11 is 0. The fraction of sp³-hybridized carbons (Fsp3) is 0.500. The van der Waals surface area contributed by atoms with Crippen molar-refractivity contribution in [2.75, 3.05) is 18.1 Å². The fourth-order valence-electron chi connectivity index (χ4n) is 2.59. The van der Waals surface area contributed by atoms with Crippen molar-refractivity contribution in [1.82, 2.24) is 5.32 Å². The van der Waals surface area contributed by atoms with Crippen LogP contribution in [0.1, 0.15) is 25.3 Å². The van der Waals surface area contributed by atoms with Crippen LogP contribution in [-0.2, 0) is 16.1 Å². The van der Waals surface area contributed by atoms with Crippen LogP contribution in [0.15, 0.2) is 18.2 Å². The maximum Gasteiger partial charge on any atom is 0.213 e. The molecule has 2 aliphatic rings. The lowest BCUT2D eigenvalue weighted by molar-refractivity contribution is -0.218. The zero-order valence-corrected chi connectivity index (χ0v) is 11.4. The lowest BCUT2D eigenvalue weighted by Crippen LogP contribution is -2.49. The van der Waals surface area contributed by atoms with Crippen molar-refractivity contribution < 1.29 is 14.3 Å². The normalized spacial score (nSPS) is 20.1. The molecule has 0 bridgehead atoms. The summed E-state index contributed by atoms with van der Waals surface area (Å²) in [4.78, 5) is 11.2. The Kier molecular flexibility index (Phi) is 3.37. The van der Waals surface area contributed by atoms with Gasteiger partial charge in [0.05, 0.1) is 6.61 Å². The Morgan fingerprint density at radius 3 is 2.85 bits per heavy atom. The number of rotatable bonds is 1. The van der Waals surface area contributed by atoms with E-state index in [0.717, 1.165) is 42.3 Å². The van der Waals surface area contributed by atoms with Gasteiger partial charge in [-0.15, -0.1) is 0 Å². The predicted molar refractivity (Wildman–Crippen MR) is 74.2 cm³/mol. The van der Waals surface area contributed by atoms with Crippen molar-refractivity contribution in [3.05, 3.63) is 29.6 Å². The molecule has 1 saturated heterocycles. The zero-order chi connectivity index (χ0) is 14.2. The smallest absolute Gasteiger partial charge is 0.213 e. The van der Waals surface area contributed by atoms with Crippen LogP contribution in [0.3, 0.4) is 0 Å². The minimum absolute atomic E-state index is 0.322. The molecule has 0 unspecified atom stereocenters.